The van der Waals surface area contributed by atoms with Crippen LogP contribution in [0.1, 0.15) is 43.0 Å². The van der Waals surface area contributed by atoms with Crippen molar-refractivity contribution in [3.8, 4) is 5.75 Å². The first-order valence-electron chi connectivity index (χ1n) is 9.95. The van der Waals surface area contributed by atoms with Gasteiger partial charge in [0.05, 0.1) is 17.1 Å². The number of benzene rings is 2. The molecule has 2 aromatic rings. The van der Waals surface area contributed by atoms with E-state index in [1.54, 1.807) is 0 Å². The summed E-state index contributed by atoms with van der Waals surface area (Å²) in [5.74, 6) is 0.303. The van der Waals surface area contributed by atoms with E-state index in [0.717, 1.165) is 50.4 Å². The molecule has 0 unspecified atom stereocenters. The molecule has 0 aliphatic carbocycles. The van der Waals surface area contributed by atoms with Crippen LogP contribution in [0.5, 0.6) is 5.75 Å². The number of hydrogen-bond acceptors (Lipinski definition) is 3. The van der Waals surface area contributed by atoms with E-state index in [9.17, 15) is 22.8 Å². The first-order valence-corrected chi connectivity index (χ1v) is 10.3. The van der Waals surface area contributed by atoms with Crippen LogP contribution in [0.25, 0.3) is 0 Å². The lowest BCUT2D eigenvalue weighted by atomic mass is 10.0. The molecule has 0 atom stereocenters. The van der Waals surface area contributed by atoms with Crippen molar-refractivity contribution in [3.05, 3.63) is 57.6 Å². The van der Waals surface area contributed by atoms with Crippen molar-refractivity contribution in [2.45, 2.75) is 52.9 Å². The van der Waals surface area contributed by atoms with Gasteiger partial charge in [0.25, 0.3) is 5.91 Å². The third kappa shape index (κ3) is 5.01. The number of halogens is 4. The summed E-state index contributed by atoms with van der Waals surface area (Å²) in [5, 5.41) is -0.533. The van der Waals surface area contributed by atoms with Crippen molar-refractivity contribution in [2.75, 3.05) is 11.4 Å². The summed E-state index contributed by atoms with van der Waals surface area (Å²) in [4.78, 5) is 27.6. The zero-order chi connectivity index (χ0) is 24.0. The van der Waals surface area contributed by atoms with Gasteiger partial charge in [-0.3, -0.25) is 14.6 Å². The lowest BCUT2D eigenvalue weighted by Gasteiger charge is -2.25. The smallest absolute Gasteiger partial charge is 0.417 e. The van der Waals surface area contributed by atoms with Crippen LogP contribution in [0.3, 0.4) is 0 Å². The molecule has 0 N–H and O–H groups in total. The maximum Gasteiger partial charge on any atom is 0.417 e. The highest BCUT2D eigenvalue weighted by molar-refractivity contribution is 6.32. The van der Waals surface area contributed by atoms with Crippen LogP contribution in [0, 0.1) is 13.8 Å². The number of amides is 3. The molecule has 1 aliphatic rings. The molecule has 0 radical (unpaired) electrons. The molecular formula is C23H24ClF3N2O3. The molecule has 0 spiro atoms. The Labute approximate surface area is 189 Å². The number of carbonyl (C=O) groups excluding carboxylic acids is 2. The van der Waals surface area contributed by atoms with Crippen LogP contribution in [0.2, 0.25) is 5.02 Å². The van der Waals surface area contributed by atoms with Crippen LogP contribution < -0.4 is 9.64 Å². The van der Waals surface area contributed by atoms with Gasteiger partial charge in [-0.25, -0.2) is 4.79 Å². The fourth-order valence-corrected chi connectivity index (χ4v) is 3.86. The van der Waals surface area contributed by atoms with Crippen molar-refractivity contribution in [3.63, 3.8) is 0 Å². The number of urea groups is 1. The number of hydrogen-bond donors (Lipinski definition) is 0. The van der Waals surface area contributed by atoms with Gasteiger partial charge in [0.1, 0.15) is 17.9 Å². The minimum atomic E-state index is -4.61. The van der Waals surface area contributed by atoms with Gasteiger partial charge in [0.15, 0.2) is 0 Å². The molecule has 9 heteroatoms. The fourth-order valence-electron chi connectivity index (χ4n) is 3.58. The zero-order valence-corrected chi connectivity index (χ0v) is 19.2. The van der Waals surface area contributed by atoms with E-state index < -0.39 is 28.7 Å². The average molecular weight is 469 g/mol. The van der Waals surface area contributed by atoms with Crippen molar-refractivity contribution in [1.29, 1.82) is 0 Å². The molecule has 3 rings (SSSR count). The average Bonchev–Trinajstić information content (AvgIpc) is 2.91. The highest BCUT2D eigenvalue weighted by Gasteiger charge is 2.38. The SMILES string of the molecule is Cc1cc(CN2C(=O)CN(c3ccc(C(F)(F)F)c(Cl)c3)C2=O)cc(C)c1OC(C)(C)C. The molecule has 1 saturated heterocycles. The number of rotatable bonds is 4. The van der Waals surface area contributed by atoms with E-state index in [1.165, 1.54) is 0 Å². The predicted octanol–water partition coefficient (Wildman–Crippen LogP) is 6.12. The molecule has 3 amide bonds. The highest BCUT2D eigenvalue weighted by Crippen LogP contribution is 2.37. The van der Waals surface area contributed by atoms with Gasteiger partial charge >= 0.3 is 12.2 Å². The van der Waals surface area contributed by atoms with E-state index in [1.807, 2.05) is 46.8 Å². The van der Waals surface area contributed by atoms with E-state index in [-0.39, 0.29) is 24.4 Å². The molecule has 0 bridgehead atoms. The molecule has 5 nitrogen and oxygen atoms in total. The second-order valence-corrected chi connectivity index (χ2v) is 9.19. The summed E-state index contributed by atoms with van der Waals surface area (Å²) >= 11 is 5.77. The third-order valence-corrected chi connectivity index (χ3v) is 5.21. The molecule has 1 aliphatic heterocycles. The van der Waals surface area contributed by atoms with E-state index in [4.69, 9.17) is 16.3 Å². The normalized spacial score (nSPS) is 15.0. The molecule has 1 fully saturated rings. The van der Waals surface area contributed by atoms with E-state index in [0.29, 0.717) is 0 Å². The molecule has 172 valence electrons. The Morgan fingerprint density at radius 2 is 1.62 bits per heavy atom. The van der Waals surface area contributed by atoms with Crippen molar-refractivity contribution < 1.29 is 27.5 Å². The Kier molecular flexibility index (Phi) is 6.21. The number of ether oxygens (including phenoxy) is 1. The summed E-state index contributed by atoms with van der Waals surface area (Å²) in [6.07, 6.45) is -4.61. The van der Waals surface area contributed by atoms with Gasteiger partial charge in [0.2, 0.25) is 0 Å². The highest BCUT2D eigenvalue weighted by atomic mass is 35.5. The summed E-state index contributed by atoms with van der Waals surface area (Å²) in [6.45, 7) is 9.39. The number of nitrogens with zero attached hydrogens (tertiary/aromatic N) is 2. The molecular weight excluding hydrogens is 445 g/mol. The van der Waals surface area contributed by atoms with Crippen molar-refractivity contribution >= 4 is 29.2 Å². The monoisotopic (exact) mass is 468 g/mol. The van der Waals surface area contributed by atoms with Gasteiger partial charge in [-0.05, 0) is 69.5 Å². The minimum absolute atomic E-state index is 0.0417. The largest absolute Gasteiger partial charge is 0.488 e. The lowest BCUT2D eigenvalue weighted by Crippen LogP contribution is -2.32. The third-order valence-electron chi connectivity index (χ3n) is 4.90. The van der Waals surface area contributed by atoms with Gasteiger partial charge in [-0.2, -0.15) is 13.2 Å². The number of carbonyl (C=O) groups is 2. The predicted molar refractivity (Wildman–Crippen MR) is 116 cm³/mol. The van der Waals surface area contributed by atoms with Gasteiger partial charge in [-0.15, -0.1) is 0 Å². The van der Waals surface area contributed by atoms with Gasteiger partial charge < -0.3 is 4.74 Å². The van der Waals surface area contributed by atoms with Crippen LogP contribution in [-0.2, 0) is 17.5 Å². The molecule has 2 aromatic carbocycles. The summed E-state index contributed by atoms with van der Waals surface area (Å²) < 4.78 is 44.8. The first kappa shape index (κ1) is 23.9. The second-order valence-electron chi connectivity index (χ2n) is 8.78. The maximum absolute atomic E-state index is 12.9. The maximum atomic E-state index is 12.9. The van der Waals surface area contributed by atoms with Crippen molar-refractivity contribution in [2.24, 2.45) is 0 Å². The van der Waals surface area contributed by atoms with Crippen LogP contribution >= 0.6 is 11.6 Å². The lowest BCUT2D eigenvalue weighted by molar-refractivity contribution is -0.137. The Balaban J connectivity index is 1.82. The van der Waals surface area contributed by atoms with Crippen LogP contribution in [0.15, 0.2) is 30.3 Å². The van der Waals surface area contributed by atoms with E-state index >= 15 is 0 Å². The van der Waals surface area contributed by atoms with Gasteiger partial charge in [-0.1, -0.05) is 23.7 Å². The Morgan fingerprint density at radius 1 is 1.03 bits per heavy atom. The number of aryl methyl sites for hydroxylation is 2. The molecule has 0 aromatic heterocycles. The van der Waals surface area contributed by atoms with E-state index in [2.05, 4.69) is 0 Å². The second kappa shape index (κ2) is 8.31. The molecule has 32 heavy (non-hydrogen) atoms. The number of alkyl halides is 3. The number of imide groups is 1. The van der Waals surface area contributed by atoms with Crippen molar-refractivity contribution in [1.82, 2.24) is 4.90 Å². The zero-order valence-electron chi connectivity index (χ0n) is 18.4. The quantitative estimate of drug-likeness (QED) is 0.508. The standard InChI is InChI=1S/C23H24ClF3N2O3/c1-13-8-15(9-14(2)20(13)32-22(3,4)5)11-29-19(30)12-28(21(29)31)16-6-7-17(18(24)10-16)23(25,26)27/h6-10H,11-12H2,1-5H3. The Morgan fingerprint density at radius 3 is 2.12 bits per heavy atom. The molecule has 1 heterocycles. The molecule has 0 saturated carbocycles. The summed E-state index contributed by atoms with van der Waals surface area (Å²) in [6, 6.07) is 6.08. The van der Waals surface area contributed by atoms with Crippen LogP contribution in [0.4, 0.5) is 23.7 Å². The fraction of sp³-hybridized carbons (Fsp3) is 0.391. The Bertz CT molecular complexity index is 1050. The number of anilines is 1. The summed E-state index contributed by atoms with van der Waals surface area (Å²) in [7, 11) is 0. The minimum Gasteiger partial charge on any atom is -0.488 e. The summed E-state index contributed by atoms with van der Waals surface area (Å²) in [5.41, 5.74) is 1.25. The first-order chi connectivity index (χ1) is 14.7. The Hall–Kier alpha value is -2.74. The van der Waals surface area contributed by atoms with Crippen LogP contribution in [-0.4, -0.2) is 29.0 Å². The van der Waals surface area contributed by atoms with Gasteiger partial charge in [0, 0.05) is 5.69 Å². The topological polar surface area (TPSA) is 49.9 Å².